The molecule has 24 heavy (non-hydrogen) atoms. The molecular weight excluding hydrogens is 302 g/mol. The Morgan fingerprint density at radius 3 is 2.75 bits per heavy atom. The van der Waals surface area contributed by atoms with Crippen LogP contribution in [-0.4, -0.2) is 42.0 Å². The number of pyridine rings is 1. The van der Waals surface area contributed by atoms with Crippen LogP contribution in [0.4, 0.5) is 0 Å². The van der Waals surface area contributed by atoms with Crippen LogP contribution in [-0.2, 0) is 0 Å². The summed E-state index contributed by atoms with van der Waals surface area (Å²) in [7, 11) is 0. The molecule has 3 rings (SSSR count). The molecular formula is C19H25N3O2. The normalized spacial score (nSPS) is 15.7. The van der Waals surface area contributed by atoms with Crippen LogP contribution < -0.4 is 5.32 Å². The number of aromatic nitrogens is 1. The van der Waals surface area contributed by atoms with Gasteiger partial charge in [0.15, 0.2) is 5.76 Å². The van der Waals surface area contributed by atoms with E-state index < -0.39 is 0 Å². The quantitative estimate of drug-likeness (QED) is 0.917. The zero-order chi connectivity index (χ0) is 16.9. The van der Waals surface area contributed by atoms with Gasteiger partial charge in [0.2, 0.25) is 0 Å². The third-order valence-electron chi connectivity index (χ3n) is 4.67. The largest absolute Gasteiger partial charge is 0.463 e. The predicted molar refractivity (Wildman–Crippen MR) is 93.8 cm³/mol. The molecule has 128 valence electrons. The lowest BCUT2D eigenvalue weighted by Crippen LogP contribution is -2.41. The predicted octanol–water partition coefficient (Wildman–Crippen LogP) is 3.11. The summed E-state index contributed by atoms with van der Waals surface area (Å²) >= 11 is 0. The van der Waals surface area contributed by atoms with Crippen molar-refractivity contribution in [1.29, 1.82) is 0 Å². The fourth-order valence-electron chi connectivity index (χ4n) is 3.21. The second-order valence-corrected chi connectivity index (χ2v) is 6.35. The lowest BCUT2D eigenvalue weighted by Gasteiger charge is -2.32. The van der Waals surface area contributed by atoms with Gasteiger partial charge in [0, 0.05) is 13.1 Å². The molecule has 1 aliphatic heterocycles. The van der Waals surface area contributed by atoms with Crippen LogP contribution in [0.1, 0.15) is 35.8 Å². The van der Waals surface area contributed by atoms with Gasteiger partial charge in [-0.15, -0.1) is 0 Å². The number of piperidine rings is 1. The third-order valence-corrected chi connectivity index (χ3v) is 4.67. The Labute approximate surface area is 143 Å². The van der Waals surface area contributed by atoms with Crippen molar-refractivity contribution < 1.29 is 9.21 Å². The number of nitrogens with one attached hydrogen (secondary N) is 1. The molecule has 1 amide bonds. The Balaban J connectivity index is 1.65. The maximum absolute atomic E-state index is 12.8. The van der Waals surface area contributed by atoms with Crippen LogP contribution in [0.2, 0.25) is 0 Å². The minimum Gasteiger partial charge on any atom is -0.463 e. The molecule has 1 fully saturated rings. The topological polar surface area (TPSA) is 58.4 Å². The van der Waals surface area contributed by atoms with E-state index in [-0.39, 0.29) is 5.91 Å². The summed E-state index contributed by atoms with van der Waals surface area (Å²) < 4.78 is 5.37. The van der Waals surface area contributed by atoms with Gasteiger partial charge >= 0.3 is 0 Å². The molecule has 0 bridgehead atoms. The first-order valence-corrected chi connectivity index (χ1v) is 8.70. The van der Waals surface area contributed by atoms with Crippen molar-refractivity contribution in [1.82, 2.24) is 15.2 Å². The van der Waals surface area contributed by atoms with Gasteiger partial charge in [0.05, 0.1) is 17.5 Å². The zero-order valence-electron chi connectivity index (χ0n) is 14.4. The summed E-state index contributed by atoms with van der Waals surface area (Å²) in [6.45, 7) is 7.73. The number of furan rings is 1. The van der Waals surface area contributed by atoms with E-state index in [2.05, 4.69) is 17.2 Å². The summed E-state index contributed by atoms with van der Waals surface area (Å²) in [5.41, 5.74) is 2.21. The number of amides is 1. The van der Waals surface area contributed by atoms with Crippen LogP contribution in [0, 0.1) is 12.8 Å². The van der Waals surface area contributed by atoms with Crippen molar-refractivity contribution in [3.05, 3.63) is 41.8 Å². The van der Waals surface area contributed by atoms with Crippen molar-refractivity contribution in [2.75, 3.05) is 26.2 Å². The molecule has 0 radical (unpaired) electrons. The van der Waals surface area contributed by atoms with E-state index in [1.807, 2.05) is 36.1 Å². The lowest BCUT2D eigenvalue weighted by atomic mass is 9.96. The van der Waals surface area contributed by atoms with Crippen LogP contribution in [0.3, 0.4) is 0 Å². The minimum absolute atomic E-state index is 0.0906. The third kappa shape index (κ3) is 3.67. The number of nitrogens with zero attached hydrogens (tertiary/aromatic N) is 2. The van der Waals surface area contributed by atoms with Crippen molar-refractivity contribution in [2.24, 2.45) is 5.92 Å². The molecule has 2 aromatic heterocycles. The smallest absolute Gasteiger partial charge is 0.255 e. The Morgan fingerprint density at radius 2 is 2.12 bits per heavy atom. The average Bonchev–Trinajstić information content (AvgIpc) is 3.14. The molecule has 0 aromatic carbocycles. The highest BCUT2D eigenvalue weighted by atomic mass is 16.3. The van der Waals surface area contributed by atoms with Gasteiger partial charge in [-0.1, -0.05) is 6.92 Å². The highest BCUT2D eigenvalue weighted by molar-refractivity contribution is 5.95. The molecule has 1 aliphatic rings. The number of hydrogen-bond acceptors (Lipinski definition) is 4. The number of likely N-dealkylation sites (tertiary alicyclic amines) is 1. The van der Waals surface area contributed by atoms with Crippen LogP contribution in [0.25, 0.3) is 11.5 Å². The van der Waals surface area contributed by atoms with E-state index in [0.717, 1.165) is 56.2 Å². The monoisotopic (exact) mass is 327 g/mol. The fourth-order valence-corrected chi connectivity index (χ4v) is 3.21. The summed E-state index contributed by atoms with van der Waals surface area (Å²) in [4.78, 5) is 19.3. The molecule has 0 unspecified atom stereocenters. The van der Waals surface area contributed by atoms with E-state index in [1.54, 1.807) is 6.26 Å². The Kier molecular flexibility index (Phi) is 5.30. The molecule has 0 aliphatic carbocycles. The first-order valence-electron chi connectivity index (χ1n) is 8.70. The Morgan fingerprint density at radius 1 is 1.33 bits per heavy atom. The molecule has 0 saturated carbocycles. The number of hydrogen-bond donors (Lipinski definition) is 1. The number of rotatable bonds is 5. The highest BCUT2D eigenvalue weighted by Gasteiger charge is 2.24. The van der Waals surface area contributed by atoms with Gasteiger partial charge in [-0.3, -0.25) is 4.79 Å². The van der Waals surface area contributed by atoms with E-state index in [1.165, 1.54) is 0 Å². The molecule has 5 nitrogen and oxygen atoms in total. The lowest BCUT2D eigenvalue weighted by molar-refractivity contribution is 0.0689. The molecule has 1 N–H and O–H groups in total. The van der Waals surface area contributed by atoms with E-state index in [0.29, 0.717) is 11.5 Å². The fraction of sp³-hybridized carbons (Fsp3) is 0.474. The maximum Gasteiger partial charge on any atom is 0.255 e. The van der Waals surface area contributed by atoms with Gasteiger partial charge in [-0.2, -0.15) is 0 Å². The zero-order valence-corrected chi connectivity index (χ0v) is 14.4. The second kappa shape index (κ2) is 7.62. The van der Waals surface area contributed by atoms with Crippen LogP contribution in [0.5, 0.6) is 0 Å². The van der Waals surface area contributed by atoms with Crippen LogP contribution >= 0.6 is 0 Å². The minimum atomic E-state index is 0.0906. The Bertz CT molecular complexity index is 674. The summed E-state index contributed by atoms with van der Waals surface area (Å²) in [6, 6.07) is 7.44. The molecule has 2 aromatic rings. The summed E-state index contributed by atoms with van der Waals surface area (Å²) in [5.74, 6) is 1.49. The van der Waals surface area contributed by atoms with E-state index in [9.17, 15) is 4.79 Å². The standard InChI is InChI=1S/C19H25N3O2/c1-3-20-13-15-8-10-22(11-9-15)19(23)16-6-7-17(21-14(16)2)18-5-4-12-24-18/h4-7,12,15,20H,3,8-11,13H2,1-2H3. The SMILES string of the molecule is CCNCC1CCN(C(=O)c2ccc(-c3ccco3)nc2C)CC1. The van der Waals surface area contributed by atoms with Crippen LogP contribution in [0.15, 0.2) is 34.9 Å². The average molecular weight is 327 g/mol. The maximum atomic E-state index is 12.8. The Hall–Kier alpha value is -2.14. The first-order chi connectivity index (χ1) is 11.7. The molecule has 5 heteroatoms. The number of carbonyl (C=O) groups excluding carboxylic acids is 1. The van der Waals surface area contributed by atoms with Crippen molar-refractivity contribution in [3.63, 3.8) is 0 Å². The van der Waals surface area contributed by atoms with Gasteiger partial charge in [0.25, 0.3) is 5.91 Å². The molecule has 3 heterocycles. The molecule has 0 spiro atoms. The van der Waals surface area contributed by atoms with E-state index >= 15 is 0 Å². The highest BCUT2D eigenvalue weighted by Crippen LogP contribution is 2.22. The van der Waals surface area contributed by atoms with Crippen molar-refractivity contribution >= 4 is 5.91 Å². The molecule has 0 atom stereocenters. The number of carbonyl (C=O) groups is 1. The van der Waals surface area contributed by atoms with Gasteiger partial charge in [-0.25, -0.2) is 4.98 Å². The van der Waals surface area contributed by atoms with Crippen molar-refractivity contribution in [2.45, 2.75) is 26.7 Å². The summed E-state index contributed by atoms with van der Waals surface area (Å²) in [5, 5.41) is 3.40. The summed E-state index contributed by atoms with van der Waals surface area (Å²) in [6.07, 6.45) is 3.76. The van der Waals surface area contributed by atoms with Gasteiger partial charge in [-0.05, 0) is 63.0 Å². The van der Waals surface area contributed by atoms with Gasteiger partial charge in [0.1, 0.15) is 5.69 Å². The first kappa shape index (κ1) is 16.7. The van der Waals surface area contributed by atoms with E-state index in [4.69, 9.17) is 4.42 Å². The number of aryl methyl sites for hydroxylation is 1. The van der Waals surface area contributed by atoms with Gasteiger partial charge < -0.3 is 14.6 Å². The van der Waals surface area contributed by atoms with Crippen molar-refractivity contribution in [3.8, 4) is 11.5 Å². The second-order valence-electron chi connectivity index (χ2n) is 6.35. The molecule has 1 saturated heterocycles.